The van der Waals surface area contributed by atoms with Crippen molar-refractivity contribution in [1.29, 1.82) is 0 Å². The number of nitrogens with one attached hydrogen (secondary N) is 1. The molecule has 3 N–H and O–H groups in total. The Hall–Kier alpha value is -4.84. The number of phenolic OH excluding ortho intramolecular Hbond substituents is 2. The quantitative estimate of drug-likeness (QED) is 0.0568. The number of hydrogen-bond acceptors (Lipinski definition) is 7. The summed E-state index contributed by atoms with van der Waals surface area (Å²) >= 11 is 23.9. The average Bonchev–Trinajstić information content (AvgIpc) is 3.17. The largest absolute Gasteiger partial charge is 0.507 e. The highest BCUT2D eigenvalue weighted by atomic mass is 79.9. The van der Waals surface area contributed by atoms with E-state index in [-0.39, 0.29) is 47.0 Å². The summed E-state index contributed by atoms with van der Waals surface area (Å²) in [5, 5.41) is 23.3. The van der Waals surface area contributed by atoms with Crippen molar-refractivity contribution in [3.63, 3.8) is 0 Å². The molecule has 298 valence electrons. The molecule has 6 aromatic rings. The first-order chi connectivity index (χ1) is 27.5. The normalized spacial score (nSPS) is 10.3. The fourth-order valence-electron chi connectivity index (χ4n) is 5.31. The average molecular weight is 965 g/mol. The molecule has 0 amide bonds. The number of thiocarbonyl (C=S) groups is 1. The number of aromatic hydroxyl groups is 2. The minimum Gasteiger partial charge on any atom is -0.507 e. The summed E-state index contributed by atoms with van der Waals surface area (Å²) in [5.74, 6) is -0.310. The van der Waals surface area contributed by atoms with Crippen molar-refractivity contribution in [3.05, 3.63) is 185 Å². The van der Waals surface area contributed by atoms with E-state index in [9.17, 15) is 24.6 Å². The Labute approximate surface area is 370 Å². The Bertz CT molecular complexity index is 2320. The number of phenols is 2. The molecule has 0 bridgehead atoms. The van der Waals surface area contributed by atoms with E-state index in [1.54, 1.807) is 12.1 Å². The topological polar surface area (TPSA) is 113 Å². The van der Waals surface area contributed by atoms with Gasteiger partial charge in [0.1, 0.15) is 16.5 Å². The van der Waals surface area contributed by atoms with Crippen molar-refractivity contribution in [1.82, 2.24) is 0 Å². The Morgan fingerprint density at radius 1 is 0.621 bits per heavy atom. The standard InChI is InChI=1S/C16H13Br2NO2S.2C15H13ClO2/c1-9-7-13(15(14(18)8-9)21-10(2)20)16(22)19-12-5-3-11(17)4-6-12;2*1-10-2-4-11(5-3-10)8-15(18)13-9-12(16)6-7-14(13)17/h3-8H,1-2H3,(H,19,22);2*2-7,9,17H,8H2,1H3. The molecule has 0 spiro atoms. The second kappa shape index (κ2) is 21.8. The smallest absolute Gasteiger partial charge is 0.308 e. The van der Waals surface area contributed by atoms with Gasteiger partial charge in [-0.15, -0.1) is 0 Å². The fourth-order valence-corrected chi connectivity index (χ4v) is 6.85. The van der Waals surface area contributed by atoms with Crippen LogP contribution in [0.4, 0.5) is 5.69 Å². The van der Waals surface area contributed by atoms with Gasteiger partial charge in [-0.2, -0.15) is 0 Å². The highest BCUT2D eigenvalue weighted by molar-refractivity contribution is 9.10. The number of carbonyl (C=O) groups excluding carboxylic acids is 3. The maximum Gasteiger partial charge on any atom is 0.308 e. The summed E-state index contributed by atoms with van der Waals surface area (Å²) in [4.78, 5) is 35.9. The van der Waals surface area contributed by atoms with Crippen molar-refractivity contribution in [2.75, 3.05) is 5.32 Å². The molecule has 0 saturated heterocycles. The fraction of sp³-hybridized carbons (Fsp3) is 0.130. The van der Waals surface area contributed by atoms with Gasteiger partial charge in [-0.25, -0.2) is 0 Å². The molecule has 6 aromatic carbocycles. The highest BCUT2D eigenvalue weighted by Gasteiger charge is 2.17. The predicted octanol–water partition coefficient (Wildman–Crippen LogP) is 12.8. The number of benzene rings is 6. The Kier molecular flexibility index (Phi) is 17.2. The third-order valence-electron chi connectivity index (χ3n) is 8.27. The summed E-state index contributed by atoms with van der Waals surface area (Å²) in [6.45, 7) is 7.30. The molecule has 58 heavy (non-hydrogen) atoms. The summed E-state index contributed by atoms with van der Waals surface area (Å²) in [6.07, 6.45) is 0.516. The van der Waals surface area contributed by atoms with Gasteiger partial charge in [0.15, 0.2) is 17.3 Å². The number of Topliss-reactive ketones (excluding diaryl/α,β-unsaturated/α-hetero) is 2. The SMILES string of the molecule is CC(=O)Oc1c(Br)cc(C)cc1C(=S)Nc1ccc(Br)cc1.Cc1ccc(CC(=O)c2cc(Cl)ccc2O)cc1.Cc1ccc(CC(=O)c2cc(Cl)ccc2O)cc1. The van der Waals surface area contributed by atoms with Gasteiger partial charge in [0.2, 0.25) is 0 Å². The Morgan fingerprint density at radius 3 is 1.50 bits per heavy atom. The van der Waals surface area contributed by atoms with E-state index in [2.05, 4.69) is 37.2 Å². The number of hydrogen-bond donors (Lipinski definition) is 3. The maximum absolute atomic E-state index is 12.1. The van der Waals surface area contributed by atoms with Crippen LogP contribution >= 0.6 is 67.3 Å². The summed E-state index contributed by atoms with van der Waals surface area (Å²) < 4.78 is 6.97. The number of halogens is 4. The van der Waals surface area contributed by atoms with Crippen LogP contribution in [-0.4, -0.2) is 32.7 Å². The molecule has 0 unspecified atom stereocenters. The molecule has 0 aliphatic rings. The molecule has 0 aliphatic heterocycles. The van der Waals surface area contributed by atoms with Crippen LogP contribution in [0.1, 0.15) is 61.0 Å². The zero-order chi connectivity index (χ0) is 42.5. The van der Waals surface area contributed by atoms with Crippen LogP contribution in [0.15, 0.2) is 130 Å². The Balaban J connectivity index is 0.000000194. The van der Waals surface area contributed by atoms with Crippen LogP contribution < -0.4 is 10.1 Å². The van der Waals surface area contributed by atoms with Crippen LogP contribution in [0.25, 0.3) is 0 Å². The molecule has 0 atom stereocenters. The number of aryl methyl sites for hydroxylation is 3. The maximum atomic E-state index is 12.1. The van der Waals surface area contributed by atoms with Gasteiger partial charge in [0.25, 0.3) is 0 Å². The van der Waals surface area contributed by atoms with Crippen LogP contribution in [-0.2, 0) is 17.6 Å². The first-order valence-electron chi connectivity index (χ1n) is 17.7. The third-order valence-corrected chi connectivity index (χ3v) is 10.2. The van der Waals surface area contributed by atoms with E-state index in [4.69, 9.17) is 40.2 Å². The predicted molar refractivity (Wildman–Crippen MR) is 244 cm³/mol. The van der Waals surface area contributed by atoms with E-state index >= 15 is 0 Å². The molecule has 0 saturated carbocycles. The lowest BCUT2D eigenvalue weighted by Gasteiger charge is -2.14. The van der Waals surface area contributed by atoms with Crippen molar-refractivity contribution in [3.8, 4) is 17.2 Å². The first kappa shape index (κ1) is 45.9. The van der Waals surface area contributed by atoms with Gasteiger partial charge in [-0.1, -0.05) is 111 Å². The molecular weight excluding hydrogens is 925 g/mol. The second-order valence-electron chi connectivity index (χ2n) is 13.2. The monoisotopic (exact) mass is 961 g/mol. The van der Waals surface area contributed by atoms with Crippen molar-refractivity contribution in [2.45, 2.75) is 40.5 Å². The number of rotatable bonds is 9. The van der Waals surface area contributed by atoms with Gasteiger partial charge in [-0.05, 0) is 126 Å². The third kappa shape index (κ3) is 14.2. The van der Waals surface area contributed by atoms with Crippen molar-refractivity contribution < 1.29 is 29.3 Å². The molecule has 12 heteroatoms. The van der Waals surface area contributed by atoms with Gasteiger partial charge >= 0.3 is 5.97 Å². The number of carbonyl (C=O) groups is 3. The summed E-state index contributed by atoms with van der Waals surface area (Å²) in [7, 11) is 0. The van der Waals surface area contributed by atoms with E-state index in [0.717, 1.165) is 38.0 Å². The number of esters is 1. The van der Waals surface area contributed by atoms with Gasteiger partial charge in [0, 0.05) is 40.0 Å². The number of ether oxygens (including phenoxy) is 1. The van der Waals surface area contributed by atoms with Crippen LogP contribution in [0.2, 0.25) is 10.0 Å². The minimum atomic E-state index is -0.391. The molecule has 6 rings (SSSR count). The van der Waals surface area contributed by atoms with E-state index in [1.807, 2.05) is 106 Å². The van der Waals surface area contributed by atoms with Gasteiger partial charge in [-0.3, -0.25) is 14.4 Å². The zero-order valence-electron chi connectivity index (χ0n) is 31.9. The van der Waals surface area contributed by atoms with Crippen molar-refractivity contribution in [2.24, 2.45) is 0 Å². The second-order valence-corrected chi connectivity index (χ2v) is 16.2. The van der Waals surface area contributed by atoms with E-state index in [1.165, 1.54) is 31.2 Å². The zero-order valence-corrected chi connectivity index (χ0v) is 37.4. The lowest BCUT2D eigenvalue weighted by atomic mass is 10.0. The highest BCUT2D eigenvalue weighted by Crippen LogP contribution is 2.32. The molecule has 0 radical (unpaired) electrons. The minimum absolute atomic E-state index is 0.0310. The van der Waals surface area contributed by atoms with Crippen LogP contribution in [0.3, 0.4) is 0 Å². The lowest BCUT2D eigenvalue weighted by molar-refractivity contribution is -0.131. The van der Waals surface area contributed by atoms with E-state index in [0.29, 0.717) is 30.8 Å². The molecule has 0 aromatic heterocycles. The summed E-state index contributed by atoms with van der Waals surface area (Å²) in [5.41, 5.74) is 7.21. The number of anilines is 1. The summed E-state index contributed by atoms with van der Waals surface area (Å²) in [6, 6.07) is 35.9. The van der Waals surface area contributed by atoms with E-state index < -0.39 is 5.97 Å². The Morgan fingerprint density at radius 2 is 1.07 bits per heavy atom. The number of ketones is 2. The molecular formula is C46H39Br2Cl2NO6S. The molecule has 0 aliphatic carbocycles. The van der Waals surface area contributed by atoms with Gasteiger partial charge < -0.3 is 20.3 Å². The van der Waals surface area contributed by atoms with Crippen LogP contribution in [0.5, 0.6) is 17.2 Å². The molecule has 0 fully saturated rings. The lowest BCUT2D eigenvalue weighted by Crippen LogP contribution is -2.14. The van der Waals surface area contributed by atoms with Crippen molar-refractivity contribution >= 4 is 95.5 Å². The first-order valence-corrected chi connectivity index (χ1v) is 20.4. The van der Waals surface area contributed by atoms with Crippen LogP contribution in [0, 0.1) is 20.8 Å². The molecule has 7 nitrogen and oxygen atoms in total. The van der Waals surface area contributed by atoms with Gasteiger partial charge in [0.05, 0.1) is 21.2 Å². The molecule has 0 heterocycles.